The van der Waals surface area contributed by atoms with E-state index >= 15 is 0 Å². The zero-order valence-corrected chi connectivity index (χ0v) is 9.40. The van der Waals surface area contributed by atoms with Gasteiger partial charge in [0, 0.05) is 19.2 Å². The molecule has 0 aliphatic rings. The lowest BCUT2D eigenvalue weighted by Crippen LogP contribution is -2.13. The van der Waals surface area contributed by atoms with Gasteiger partial charge in [0.1, 0.15) is 0 Å². The van der Waals surface area contributed by atoms with Crippen LogP contribution in [0, 0.1) is 0 Å². The highest BCUT2D eigenvalue weighted by atomic mass is 16.5. The zero-order chi connectivity index (χ0) is 11.4. The van der Waals surface area contributed by atoms with Gasteiger partial charge in [0.2, 0.25) is 0 Å². The van der Waals surface area contributed by atoms with Gasteiger partial charge in [-0.2, -0.15) is 0 Å². The fraction of sp³-hybridized carbons (Fsp3) is 0.417. The summed E-state index contributed by atoms with van der Waals surface area (Å²) in [6.45, 7) is 5.63. The van der Waals surface area contributed by atoms with E-state index in [4.69, 9.17) is 4.74 Å². The Hall–Kier alpha value is -1.35. The molecule has 0 saturated carbocycles. The average Bonchev–Trinajstić information content (AvgIpc) is 2.22. The number of hydrogen-bond donors (Lipinski definition) is 1. The highest BCUT2D eigenvalue weighted by molar-refractivity contribution is 5.81. The van der Waals surface area contributed by atoms with E-state index in [0.717, 1.165) is 6.54 Å². The van der Waals surface area contributed by atoms with E-state index in [-0.39, 0.29) is 5.97 Å². The summed E-state index contributed by atoms with van der Waals surface area (Å²) in [6.07, 6.45) is 11.1. The molecule has 0 fully saturated rings. The largest absolute Gasteiger partial charge is 0.463 e. The number of hydrogen-bond acceptors (Lipinski definition) is 3. The summed E-state index contributed by atoms with van der Waals surface area (Å²) in [7, 11) is 0. The van der Waals surface area contributed by atoms with E-state index in [0.29, 0.717) is 13.2 Å². The monoisotopic (exact) mass is 209 g/mol. The van der Waals surface area contributed by atoms with Crippen LogP contribution in [0.2, 0.25) is 0 Å². The molecule has 0 aliphatic carbocycles. The van der Waals surface area contributed by atoms with Crippen LogP contribution in [-0.4, -0.2) is 25.7 Å². The Balaban J connectivity index is 3.41. The van der Waals surface area contributed by atoms with Gasteiger partial charge in [0.25, 0.3) is 0 Å². The van der Waals surface area contributed by atoms with Crippen LogP contribution in [0.15, 0.2) is 36.5 Å². The van der Waals surface area contributed by atoms with Crippen LogP contribution < -0.4 is 5.32 Å². The molecule has 3 heteroatoms. The highest BCUT2D eigenvalue weighted by Crippen LogP contribution is 1.80. The maximum atomic E-state index is 10.9. The van der Waals surface area contributed by atoms with Gasteiger partial charge in [-0.3, -0.25) is 0 Å². The van der Waals surface area contributed by atoms with Crippen molar-refractivity contribution in [2.75, 3.05) is 19.7 Å². The number of esters is 1. The average molecular weight is 209 g/mol. The van der Waals surface area contributed by atoms with Gasteiger partial charge < -0.3 is 10.1 Å². The normalized spacial score (nSPS) is 11.9. The lowest BCUT2D eigenvalue weighted by Gasteiger charge is -1.96. The molecule has 1 N–H and O–H groups in total. The molecule has 0 amide bonds. The van der Waals surface area contributed by atoms with Crippen LogP contribution in [0.5, 0.6) is 0 Å². The third-order valence-electron chi connectivity index (χ3n) is 1.50. The van der Waals surface area contributed by atoms with Crippen LogP contribution >= 0.6 is 0 Å². The summed E-state index contributed by atoms with van der Waals surface area (Å²) in [5, 5.41) is 3.13. The maximum absolute atomic E-state index is 10.9. The lowest BCUT2D eigenvalue weighted by atomic mass is 10.4. The highest BCUT2D eigenvalue weighted by Gasteiger charge is 1.90. The molecule has 3 nitrogen and oxygen atoms in total. The van der Waals surface area contributed by atoms with Crippen molar-refractivity contribution in [1.82, 2.24) is 5.32 Å². The molecule has 0 atom stereocenters. The molecule has 0 radical (unpaired) electrons. The first-order valence-electron chi connectivity index (χ1n) is 5.13. The van der Waals surface area contributed by atoms with Gasteiger partial charge in [-0.25, -0.2) is 4.79 Å². The molecule has 0 aromatic heterocycles. The molecule has 15 heavy (non-hydrogen) atoms. The molecule has 0 spiro atoms. The Morgan fingerprint density at radius 1 is 1.27 bits per heavy atom. The molecule has 84 valence electrons. The molecular formula is C12H19NO2. The Bertz CT molecular complexity index is 242. The van der Waals surface area contributed by atoms with Crippen LogP contribution in [0.25, 0.3) is 0 Å². The van der Waals surface area contributed by atoms with E-state index < -0.39 is 0 Å². The van der Waals surface area contributed by atoms with Crippen molar-refractivity contribution in [2.45, 2.75) is 13.8 Å². The Kier molecular flexibility index (Phi) is 9.76. The fourth-order valence-electron chi connectivity index (χ4n) is 0.853. The van der Waals surface area contributed by atoms with Crippen molar-refractivity contribution >= 4 is 5.97 Å². The minimum Gasteiger partial charge on any atom is -0.463 e. The van der Waals surface area contributed by atoms with Gasteiger partial charge in [-0.15, -0.1) is 0 Å². The Labute approximate surface area is 91.5 Å². The molecule has 0 aromatic rings. The van der Waals surface area contributed by atoms with E-state index in [1.54, 1.807) is 13.0 Å². The number of nitrogens with one attached hydrogen (secondary N) is 1. The van der Waals surface area contributed by atoms with Crippen LogP contribution in [0.4, 0.5) is 0 Å². The van der Waals surface area contributed by atoms with Gasteiger partial charge in [-0.05, 0) is 13.8 Å². The van der Waals surface area contributed by atoms with E-state index in [1.807, 2.05) is 31.2 Å². The summed E-state index contributed by atoms with van der Waals surface area (Å²) in [5.41, 5.74) is 0. The first-order valence-corrected chi connectivity index (χ1v) is 5.13. The minimum atomic E-state index is -0.288. The molecule has 0 saturated heterocycles. The molecule has 0 rings (SSSR count). The van der Waals surface area contributed by atoms with Crippen LogP contribution in [0.1, 0.15) is 13.8 Å². The Morgan fingerprint density at radius 2 is 2.00 bits per heavy atom. The zero-order valence-electron chi connectivity index (χ0n) is 9.40. The molecular weight excluding hydrogens is 190 g/mol. The second-order valence-corrected chi connectivity index (χ2v) is 2.77. The third-order valence-corrected chi connectivity index (χ3v) is 1.50. The van der Waals surface area contributed by atoms with E-state index in [9.17, 15) is 4.79 Å². The molecule has 0 unspecified atom stereocenters. The van der Waals surface area contributed by atoms with Crippen LogP contribution in [-0.2, 0) is 9.53 Å². The van der Waals surface area contributed by atoms with Crippen molar-refractivity contribution in [3.8, 4) is 0 Å². The number of ether oxygens (including phenoxy) is 1. The predicted octanol–water partition coefficient (Wildman–Crippen LogP) is 1.83. The first-order chi connectivity index (χ1) is 7.31. The van der Waals surface area contributed by atoms with E-state index in [1.165, 1.54) is 6.08 Å². The third kappa shape index (κ3) is 10.6. The predicted molar refractivity (Wildman–Crippen MR) is 62.6 cm³/mol. The summed E-state index contributed by atoms with van der Waals surface area (Å²) in [4.78, 5) is 10.9. The molecule has 0 heterocycles. The summed E-state index contributed by atoms with van der Waals surface area (Å²) in [6, 6.07) is 0. The van der Waals surface area contributed by atoms with Crippen molar-refractivity contribution in [2.24, 2.45) is 0 Å². The molecule has 0 aromatic carbocycles. The molecule has 0 bridgehead atoms. The fourth-order valence-corrected chi connectivity index (χ4v) is 0.853. The topological polar surface area (TPSA) is 38.3 Å². The van der Waals surface area contributed by atoms with Crippen LogP contribution in [0.3, 0.4) is 0 Å². The van der Waals surface area contributed by atoms with Gasteiger partial charge in [0.15, 0.2) is 0 Å². The lowest BCUT2D eigenvalue weighted by molar-refractivity contribution is -0.137. The summed E-state index contributed by atoms with van der Waals surface area (Å²) in [5.74, 6) is -0.288. The number of allylic oxidation sites excluding steroid dienone is 3. The van der Waals surface area contributed by atoms with Gasteiger partial charge in [0.05, 0.1) is 6.61 Å². The quantitative estimate of drug-likeness (QED) is 0.301. The summed E-state index contributed by atoms with van der Waals surface area (Å²) >= 11 is 0. The first kappa shape index (κ1) is 13.7. The van der Waals surface area contributed by atoms with Gasteiger partial charge in [-0.1, -0.05) is 30.4 Å². The smallest absolute Gasteiger partial charge is 0.330 e. The number of carbonyl (C=O) groups excluding carboxylic acids is 1. The van der Waals surface area contributed by atoms with E-state index in [2.05, 4.69) is 5.32 Å². The Morgan fingerprint density at radius 3 is 2.67 bits per heavy atom. The molecule has 0 aliphatic heterocycles. The maximum Gasteiger partial charge on any atom is 0.330 e. The standard InChI is InChI=1S/C12H19NO2/c1-3-5-6-7-10-13-11-8-9-12(14)15-4-2/h3,5-9,13H,4,10-11H2,1-2H3. The second-order valence-electron chi connectivity index (χ2n) is 2.77. The minimum absolute atomic E-state index is 0.288. The van der Waals surface area contributed by atoms with Crippen molar-refractivity contribution in [1.29, 1.82) is 0 Å². The van der Waals surface area contributed by atoms with Gasteiger partial charge >= 0.3 is 5.97 Å². The van der Waals surface area contributed by atoms with Crippen molar-refractivity contribution in [3.05, 3.63) is 36.5 Å². The second kappa shape index (κ2) is 10.7. The summed E-state index contributed by atoms with van der Waals surface area (Å²) < 4.78 is 4.72. The van der Waals surface area contributed by atoms with Crippen molar-refractivity contribution in [3.63, 3.8) is 0 Å². The SMILES string of the molecule is CC=CC=CCNCC=CC(=O)OCC. The number of carbonyl (C=O) groups is 1. The number of rotatable bonds is 7. The van der Waals surface area contributed by atoms with Crippen molar-refractivity contribution < 1.29 is 9.53 Å².